The van der Waals surface area contributed by atoms with Gasteiger partial charge in [-0.3, -0.25) is 4.79 Å². The van der Waals surface area contributed by atoms with E-state index >= 15 is 0 Å². The quantitative estimate of drug-likeness (QED) is 0.631. The fourth-order valence-electron chi connectivity index (χ4n) is 1.80. The number of rotatable bonds is 4. The predicted molar refractivity (Wildman–Crippen MR) is 73.5 cm³/mol. The normalized spacial score (nSPS) is 9.60. The van der Waals surface area contributed by atoms with E-state index in [-0.39, 0.29) is 6.42 Å². The number of ether oxygens (including phenoxy) is 2. The van der Waals surface area contributed by atoms with E-state index in [1.165, 1.54) is 6.07 Å². The lowest BCUT2D eigenvalue weighted by molar-refractivity contribution is -0.133. The molecule has 0 bridgehead atoms. The maximum absolute atomic E-state index is 11.9. The SMILES string of the molecule is COc1ccccc1CC(=O)Oc1cccc(C#N)c1. The molecule has 0 radical (unpaired) electrons. The number of nitrogens with zero attached hydrogens (tertiary/aromatic N) is 1. The minimum Gasteiger partial charge on any atom is -0.496 e. The molecule has 20 heavy (non-hydrogen) atoms. The monoisotopic (exact) mass is 267 g/mol. The summed E-state index contributed by atoms with van der Waals surface area (Å²) in [6.45, 7) is 0. The van der Waals surface area contributed by atoms with Crippen LogP contribution in [0.15, 0.2) is 48.5 Å². The second-order valence-corrected chi connectivity index (χ2v) is 4.10. The third kappa shape index (κ3) is 3.36. The van der Waals surface area contributed by atoms with Crippen LogP contribution in [0.1, 0.15) is 11.1 Å². The van der Waals surface area contributed by atoms with Crippen LogP contribution in [0.5, 0.6) is 11.5 Å². The van der Waals surface area contributed by atoms with Crippen LogP contribution in [0.4, 0.5) is 0 Å². The molecule has 4 nitrogen and oxygen atoms in total. The maximum Gasteiger partial charge on any atom is 0.315 e. The third-order valence-corrected chi connectivity index (χ3v) is 2.72. The van der Waals surface area contributed by atoms with Gasteiger partial charge in [-0.15, -0.1) is 0 Å². The fraction of sp³-hybridized carbons (Fsp3) is 0.125. The first kappa shape index (κ1) is 13.6. The summed E-state index contributed by atoms with van der Waals surface area (Å²) in [4.78, 5) is 11.9. The van der Waals surface area contributed by atoms with Crippen molar-refractivity contribution in [2.24, 2.45) is 0 Å². The summed E-state index contributed by atoms with van der Waals surface area (Å²) in [7, 11) is 1.56. The van der Waals surface area contributed by atoms with Crippen molar-refractivity contribution >= 4 is 5.97 Å². The van der Waals surface area contributed by atoms with Crippen LogP contribution < -0.4 is 9.47 Å². The topological polar surface area (TPSA) is 59.3 Å². The van der Waals surface area contributed by atoms with Crippen LogP contribution in [0, 0.1) is 11.3 Å². The van der Waals surface area contributed by atoms with Crippen molar-refractivity contribution in [1.82, 2.24) is 0 Å². The Kier molecular flexibility index (Phi) is 4.35. The number of esters is 1. The highest BCUT2D eigenvalue weighted by atomic mass is 16.5. The zero-order chi connectivity index (χ0) is 14.4. The largest absolute Gasteiger partial charge is 0.496 e. The summed E-state index contributed by atoms with van der Waals surface area (Å²) >= 11 is 0. The molecule has 0 aliphatic rings. The highest BCUT2D eigenvalue weighted by molar-refractivity contribution is 5.76. The number of benzene rings is 2. The van der Waals surface area contributed by atoms with E-state index in [9.17, 15) is 4.79 Å². The first-order valence-corrected chi connectivity index (χ1v) is 6.05. The predicted octanol–water partition coefficient (Wildman–Crippen LogP) is 2.71. The van der Waals surface area contributed by atoms with Crippen LogP contribution in [0.2, 0.25) is 0 Å². The van der Waals surface area contributed by atoms with Gasteiger partial charge in [0, 0.05) is 5.56 Å². The maximum atomic E-state index is 11.9. The second-order valence-electron chi connectivity index (χ2n) is 4.10. The average molecular weight is 267 g/mol. The van der Waals surface area contributed by atoms with Gasteiger partial charge in [-0.05, 0) is 24.3 Å². The molecule has 0 aliphatic heterocycles. The molecule has 0 atom stereocenters. The lowest BCUT2D eigenvalue weighted by Crippen LogP contribution is -2.12. The number of para-hydroxylation sites is 1. The molecule has 0 amide bonds. The molecule has 2 rings (SSSR count). The zero-order valence-corrected chi connectivity index (χ0v) is 11.0. The van der Waals surface area contributed by atoms with Gasteiger partial charge in [-0.2, -0.15) is 5.26 Å². The number of carbonyl (C=O) groups excluding carboxylic acids is 1. The summed E-state index contributed by atoms with van der Waals surface area (Å²) in [5, 5.41) is 8.79. The Hall–Kier alpha value is -2.80. The Balaban J connectivity index is 2.07. The van der Waals surface area contributed by atoms with Gasteiger partial charge < -0.3 is 9.47 Å². The molecule has 0 fully saturated rings. The molecule has 100 valence electrons. The molecular weight excluding hydrogens is 254 g/mol. The van der Waals surface area contributed by atoms with Gasteiger partial charge in [-0.1, -0.05) is 24.3 Å². The Labute approximate surface area is 117 Å². The first-order chi connectivity index (χ1) is 9.72. The minimum absolute atomic E-state index is 0.112. The number of nitriles is 1. The lowest BCUT2D eigenvalue weighted by Gasteiger charge is -2.08. The van der Waals surface area contributed by atoms with Gasteiger partial charge in [0.25, 0.3) is 0 Å². The molecule has 0 spiro atoms. The molecule has 0 heterocycles. The molecule has 0 aliphatic carbocycles. The van der Waals surface area contributed by atoms with E-state index in [2.05, 4.69) is 0 Å². The van der Waals surface area contributed by atoms with Crippen molar-refractivity contribution < 1.29 is 14.3 Å². The zero-order valence-electron chi connectivity index (χ0n) is 11.0. The van der Waals surface area contributed by atoms with Gasteiger partial charge in [0.15, 0.2) is 0 Å². The average Bonchev–Trinajstić information content (AvgIpc) is 2.48. The van der Waals surface area contributed by atoms with Gasteiger partial charge in [0.1, 0.15) is 11.5 Å². The van der Waals surface area contributed by atoms with Crippen molar-refractivity contribution in [3.05, 3.63) is 59.7 Å². The van der Waals surface area contributed by atoms with E-state index in [1.54, 1.807) is 31.4 Å². The van der Waals surface area contributed by atoms with Crippen molar-refractivity contribution in [1.29, 1.82) is 5.26 Å². The number of carbonyl (C=O) groups is 1. The first-order valence-electron chi connectivity index (χ1n) is 6.05. The van der Waals surface area contributed by atoms with Crippen LogP contribution in [-0.2, 0) is 11.2 Å². The van der Waals surface area contributed by atoms with Crippen molar-refractivity contribution in [2.75, 3.05) is 7.11 Å². The molecule has 0 saturated heterocycles. The van der Waals surface area contributed by atoms with Gasteiger partial charge >= 0.3 is 5.97 Å². The minimum atomic E-state index is -0.399. The molecule has 0 aromatic heterocycles. The van der Waals surface area contributed by atoms with Crippen LogP contribution in [0.25, 0.3) is 0 Å². The highest BCUT2D eigenvalue weighted by Crippen LogP contribution is 2.19. The molecule has 0 N–H and O–H groups in total. The Morgan fingerprint density at radius 3 is 2.75 bits per heavy atom. The van der Waals surface area contributed by atoms with Gasteiger partial charge in [0.05, 0.1) is 25.2 Å². The summed E-state index contributed by atoms with van der Waals surface area (Å²) in [5.74, 6) is 0.615. The molecule has 0 saturated carbocycles. The Morgan fingerprint density at radius 1 is 1.20 bits per heavy atom. The Morgan fingerprint density at radius 2 is 2.00 bits per heavy atom. The van der Waals surface area contributed by atoms with E-state index in [4.69, 9.17) is 14.7 Å². The molecule has 2 aromatic rings. The highest BCUT2D eigenvalue weighted by Gasteiger charge is 2.10. The Bertz CT molecular complexity index is 659. The van der Waals surface area contributed by atoms with Crippen molar-refractivity contribution in [3.8, 4) is 17.6 Å². The van der Waals surface area contributed by atoms with Gasteiger partial charge in [-0.25, -0.2) is 0 Å². The molecule has 4 heteroatoms. The summed E-state index contributed by atoms with van der Waals surface area (Å²) < 4.78 is 10.4. The smallest absolute Gasteiger partial charge is 0.315 e. The lowest BCUT2D eigenvalue weighted by atomic mass is 10.1. The number of hydrogen-bond donors (Lipinski definition) is 0. The summed E-state index contributed by atoms with van der Waals surface area (Å²) in [6, 6.07) is 15.8. The number of methoxy groups -OCH3 is 1. The summed E-state index contributed by atoms with van der Waals surface area (Å²) in [5.41, 5.74) is 1.21. The van der Waals surface area contributed by atoms with E-state index in [0.717, 1.165) is 5.56 Å². The van der Waals surface area contributed by atoms with E-state index in [0.29, 0.717) is 17.1 Å². The van der Waals surface area contributed by atoms with E-state index in [1.807, 2.05) is 24.3 Å². The third-order valence-electron chi connectivity index (χ3n) is 2.72. The molecule has 2 aromatic carbocycles. The van der Waals surface area contributed by atoms with Gasteiger partial charge in [0.2, 0.25) is 0 Å². The summed E-state index contributed by atoms with van der Waals surface area (Å²) in [6.07, 6.45) is 0.112. The van der Waals surface area contributed by atoms with Crippen molar-refractivity contribution in [2.45, 2.75) is 6.42 Å². The second kappa shape index (κ2) is 6.39. The van der Waals surface area contributed by atoms with Crippen LogP contribution >= 0.6 is 0 Å². The van der Waals surface area contributed by atoms with Crippen LogP contribution in [0.3, 0.4) is 0 Å². The number of hydrogen-bond acceptors (Lipinski definition) is 4. The van der Waals surface area contributed by atoms with Crippen LogP contribution in [-0.4, -0.2) is 13.1 Å². The van der Waals surface area contributed by atoms with Crippen molar-refractivity contribution in [3.63, 3.8) is 0 Å². The molecular formula is C16H13NO3. The molecule has 0 unspecified atom stereocenters. The standard InChI is InChI=1S/C16H13NO3/c1-19-15-8-3-2-6-13(15)10-16(18)20-14-7-4-5-12(9-14)11-17/h2-9H,10H2,1H3. The fourth-order valence-corrected chi connectivity index (χ4v) is 1.80. The van der Waals surface area contributed by atoms with E-state index < -0.39 is 5.97 Å².